The Balaban J connectivity index is 1.68. The number of unbranched alkanes of at least 4 members (excludes halogenated alkanes) is 2. The fourth-order valence-corrected chi connectivity index (χ4v) is 9.38. The smallest absolute Gasteiger partial charge is 0.173 e. The molecule has 0 saturated heterocycles. The van der Waals surface area contributed by atoms with Gasteiger partial charge in [-0.3, -0.25) is 4.79 Å². The van der Waals surface area contributed by atoms with Crippen LogP contribution in [-0.4, -0.2) is 5.78 Å². The molecule has 0 N–H and O–H groups in total. The Morgan fingerprint density at radius 3 is 2.50 bits per heavy atom. The fourth-order valence-electron chi connectivity index (χ4n) is 4.40. The molecule has 1 aromatic heterocycles. The molecule has 0 fully saturated rings. The first kappa shape index (κ1) is 19.5. The van der Waals surface area contributed by atoms with Crippen molar-refractivity contribution < 1.29 is 9.36 Å². The van der Waals surface area contributed by atoms with Crippen molar-refractivity contribution in [2.45, 2.75) is 32.6 Å². The van der Waals surface area contributed by atoms with E-state index in [1.807, 2.05) is 66.7 Å². The van der Waals surface area contributed by atoms with E-state index in [9.17, 15) is 9.36 Å². The number of carbonyl (C=O) groups excluding carboxylic acids is 1. The van der Waals surface area contributed by atoms with Crippen LogP contribution >= 0.6 is 18.5 Å². The molecule has 1 unspecified atom stereocenters. The minimum Gasteiger partial charge on any atom is -0.309 e. The summed E-state index contributed by atoms with van der Waals surface area (Å²) in [5.74, 6) is 0.200. The highest BCUT2D eigenvalue weighted by atomic mass is 32.1. The van der Waals surface area contributed by atoms with Crippen LogP contribution in [0.5, 0.6) is 0 Å². The van der Waals surface area contributed by atoms with Crippen LogP contribution in [-0.2, 0) is 4.57 Å². The van der Waals surface area contributed by atoms with Crippen molar-refractivity contribution in [3.63, 3.8) is 0 Å². The second-order valence-electron chi connectivity index (χ2n) is 7.83. The first-order valence-electron chi connectivity index (χ1n) is 10.5. The molecule has 30 heavy (non-hydrogen) atoms. The molecule has 5 rings (SSSR count). The summed E-state index contributed by atoms with van der Waals surface area (Å²) in [7, 11) is -2.94. The zero-order valence-electron chi connectivity index (χ0n) is 16.9. The van der Waals surface area contributed by atoms with E-state index in [0.29, 0.717) is 6.42 Å². The number of thiophene rings is 1. The molecular formula is C26H23O2PS. The number of rotatable bonds is 6. The molecule has 1 atom stereocenters. The predicted molar refractivity (Wildman–Crippen MR) is 129 cm³/mol. The standard InChI is InChI=1S/C26H23O2PS/c1-2-3-5-13-22(27)18-15-16-21-24(17-18)30-26-20-12-8-9-14-23(20)29(28,25(21)26)19-10-6-4-7-11-19/h4,6-12,14-17H,2-3,5,13H2,1H3. The second kappa shape index (κ2) is 7.65. The monoisotopic (exact) mass is 430 g/mol. The van der Waals surface area contributed by atoms with Gasteiger partial charge in [-0.1, -0.05) is 86.5 Å². The summed E-state index contributed by atoms with van der Waals surface area (Å²) >= 11 is 1.66. The van der Waals surface area contributed by atoms with Crippen molar-refractivity contribution in [2.24, 2.45) is 0 Å². The lowest BCUT2D eigenvalue weighted by Gasteiger charge is -2.16. The van der Waals surface area contributed by atoms with Gasteiger partial charge in [0.15, 0.2) is 12.9 Å². The van der Waals surface area contributed by atoms with E-state index in [2.05, 4.69) is 13.0 Å². The third-order valence-electron chi connectivity index (χ3n) is 5.92. The zero-order chi connectivity index (χ0) is 20.7. The molecule has 0 bridgehead atoms. The van der Waals surface area contributed by atoms with Crippen molar-refractivity contribution >= 4 is 50.3 Å². The molecule has 2 nitrogen and oxygen atoms in total. The number of hydrogen-bond donors (Lipinski definition) is 0. The van der Waals surface area contributed by atoms with Crippen LogP contribution in [0, 0.1) is 0 Å². The first-order valence-corrected chi connectivity index (χ1v) is 13.0. The summed E-state index contributed by atoms with van der Waals surface area (Å²) in [6, 6.07) is 23.8. The van der Waals surface area contributed by atoms with Gasteiger partial charge in [-0.05, 0) is 12.5 Å². The van der Waals surface area contributed by atoms with Gasteiger partial charge in [-0.15, -0.1) is 11.3 Å². The van der Waals surface area contributed by atoms with Gasteiger partial charge < -0.3 is 4.57 Å². The molecule has 4 aromatic rings. The van der Waals surface area contributed by atoms with Crippen molar-refractivity contribution in [1.82, 2.24) is 0 Å². The summed E-state index contributed by atoms with van der Waals surface area (Å²) in [6.45, 7) is 2.15. The van der Waals surface area contributed by atoms with E-state index < -0.39 is 7.14 Å². The second-order valence-corrected chi connectivity index (χ2v) is 11.5. The summed E-state index contributed by atoms with van der Waals surface area (Å²) in [5.41, 5.74) is 1.83. The number of Topliss-reactive ketones (excluding diaryl/α,β-unsaturated/α-hetero) is 1. The lowest BCUT2D eigenvalue weighted by atomic mass is 10.0. The van der Waals surface area contributed by atoms with Gasteiger partial charge in [-0.2, -0.15) is 0 Å². The Hall–Kier alpha value is -2.48. The highest BCUT2D eigenvalue weighted by molar-refractivity contribution is 7.87. The van der Waals surface area contributed by atoms with Gasteiger partial charge in [0.05, 0.1) is 0 Å². The van der Waals surface area contributed by atoms with E-state index in [1.165, 1.54) is 0 Å². The largest absolute Gasteiger partial charge is 0.309 e. The molecule has 2 heterocycles. The Kier molecular flexibility index (Phi) is 4.97. The SMILES string of the molecule is CCCCCC(=O)c1ccc2c3c(sc2c1)-c1ccccc1P3(=O)c1ccccc1. The van der Waals surface area contributed by atoms with E-state index in [4.69, 9.17) is 0 Å². The Bertz CT molecular complexity index is 1300. The van der Waals surface area contributed by atoms with Crippen LogP contribution in [0.3, 0.4) is 0 Å². The van der Waals surface area contributed by atoms with Crippen LogP contribution < -0.4 is 15.9 Å². The Morgan fingerprint density at radius 1 is 0.933 bits per heavy atom. The molecular weight excluding hydrogens is 407 g/mol. The number of benzene rings is 3. The first-order chi connectivity index (χ1) is 14.6. The van der Waals surface area contributed by atoms with Crippen LogP contribution in [0.15, 0.2) is 72.8 Å². The molecule has 4 heteroatoms. The molecule has 0 saturated carbocycles. The molecule has 3 aromatic carbocycles. The highest BCUT2D eigenvalue weighted by Crippen LogP contribution is 2.56. The van der Waals surface area contributed by atoms with Gasteiger partial charge in [0.1, 0.15) is 0 Å². The van der Waals surface area contributed by atoms with Crippen molar-refractivity contribution in [1.29, 1.82) is 0 Å². The van der Waals surface area contributed by atoms with E-state index in [1.54, 1.807) is 11.3 Å². The maximum atomic E-state index is 14.7. The molecule has 1 aliphatic heterocycles. The molecule has 0 amide bonds. The third kappa shape index (κ3) is 2.92. The van der Waals surface area contributed by atoms with Crippen LogP contribution in [0.1, 0.15) is 43.0 Å². The molecule has 0 spiro atoms. The minimum absolute atomic E-state index is 0.200. The fraction of sp³-hybridized carbons (Fsp3) is 0.192. The average Bonchev–Trinajstić information content (AvgIpc) is 3.29. The summed E-state index contributed by atoms with van der Waals surface area (Å²) in [5, 5.41) is 3.76. The quantitative estimate of drug-likeness (QED) is 0.180. The van der Waals surface area contributed by atoms with Crippen molar-refractivity contribution in [2.75, 3.05) is 0 Å². The number of ketones is 1. The van der Waals surface area contributed by atoms with Gasteiger partial charge in [0, 0.05) is 48.4 Å². The van der Waals surface area contributed by atoms with Gasteiger partial charge in [0.2, 0.25) is 0 Å². The van der Waals surface area contributed by atoms with Gasteiger partial charge in [-0.25, -0.2) is 0 Å². The van der Waals surface area contributed by atoms with Crippen molar-refractivity contribution in [3.8, 4) is 10.4 Å². The number of fused-ring (bicyclic) bond motifs is 5. The minimum atomic E-state index is -2.94. The molecule has 1 aliphatic rings. The summed E-state index contributed by atoms with van der Waals surface area (Å²) < 4.78 is 15.7. The van der Waals surface area contributed by atoms with E-state index >= 15 is 0 Å². The third-order valence-corrected chi connectivity index (χ3v) is 10.4. The Labute approximate surface area is 181 Å². The van der Waals surface area contributed by atoms with Gasteiger partial charge >= 0.3 is 0 Å². The highest BCUT2D eigenvalue weighted by Gasteiger charge is 2.42. The maximum Gasteiger partial charge on any atom is 0.173 e. The van der Waals surface area contributed by atoms with E-state index in [-0.39, 0.29) is 5.78 Å². The molecule has 150 valence electrons. The van der Waals surface area contributed by atoms with E-state index in [0.717, 1.165) is 61.3 Å². The number of hydrogen-bond acceptors (Lipinski definition) is 3. The predicted octanol–water partition coefficient (Wildman–Crippen LogP) is 6.28. The van der Waals surface area contributed by atoms with Crippen LogP contribution in [0.4, 0.5) is 0 Å². The van der Waals surface area contributed by atoms with Crippen LogP contribution in [0.2, 0.25) is 0 Å². The topological polar surface area (TPSA) is 34.1 Å². The lowest BCUT2D eigenvalue weighted by molar-refractivity contribution is 0.0979. The Morgan fingerprint density at radius 2 is 1.70 bits per heavy atom. The normalized spacial score (nSPS) is 17.1. The van der Waals surface area contributed by atoms with Gasteiger partial charge in [0.25, 0.3) is 0 Å². The summed E-state index contributed by atoms with van der Waals surface area (Å²) in [6.07, 6.45) is 3.72. The molecule has 0 aliphatic carbocycles. The van der Waals surface area contributed by atoms with Crippen LogP contribution in [0.25, 0.3) is 20.5 Å². The lowest BCUT2D eigenvalue weighted by Crippen LogP contribution is -2.20. The van der Waals surface area contributed by atoms with Crippen molar-refractivity contribution in [3.05, 3.63) is 78.4 Å². The average molecular weight is 431 g/mol. The zero-order valence-corrected chi connectivity index (χ0v) is 18.6. The molecule has 0 radical (unpaired) electrons. The summed E-state index contributed by atoms with van der Waals surface area (Å²) in [4.78, 5) is 13.7. The number of carbonyl (C=O) groups is 1. The maximum absolute atomic E-state index is 14.7.